The Labute approximate surface area is 151 Å². The van der Waals surface area contributed by atoms with Crippen molar-refractivity contribution in [1.82, 2.24) is 0 Å². The summed E-state index contributed by atoms with van der Waals surface area (Å²) in [6.45, 7) is 3.77. The van der Waals surface area contributed by atoms with Gasteiger partial charge in [-0.05, 0) is 42.7 Å². The highest BCUT2D eigenvalue weighted by Gasteiger charge is 2.40. The van der Waals surface area contributed by atoms with Gasteiger partial charge in [0.2, 0.25) is 5.91 Å². The highest BCUT2D eigenvalue weighted by molar-refractivity contribution is 6.23. The zero-order valence-electron chi connectivity index (χ0n) is 14.7. The Kier molecular flexibility index (Phi) is 4.75. The summed E-state index contributed by atoms with van der Waals surface area (Å²) in [5.41, 5.74) is 2.94. The van der Waals surface area contributed by atoms with Gasteiger partial charge in [-0.15, -0.1) is 0 Å². The van der Waals surface area contributed by atoms with E-state index in [0.717, 1.165) is 22.6 Å². The maximum atomic E-state index is 12.8. The summed E-state index contributed by atoms with van der Waals surface area (Å²) < 4.78 is 0. The number of carbonyl (C=O) groups is 3. The van der Waals surface area contributed by atoms with Gasteiger partial charge in [0.1, 0.15) is 6.04 Å². The normalized spacial score (nSPS) is 16.8. The summed E-state index contributed by atoms with van der Waals surface area (Å²) in [4.78, 5) is 37.6. The van der Waals surface area contributed by atoms with Crippen molar-refractivity contribution in [3.63, 3.8) is 0 Å². The number of aryl methyl sites for hydroxylation is 2. The second kappa shape index (κ2) is 7.00. The van der Waals surface area contributed by atoms with Crippen LogP contribution in [0.15, 0.2) is 42.5 Å². The van der Waals surface area contributed by atoms with Crippen LogP contribution < -0.4 is 10.2 Å². The first-order valence-corrected chi connectivity index (χ1v) is 8.47. The largest absolute Gasteiger partial charge is 0.478 e. The number of para-hydroxylation sites is 1. The van der Waals surface area contributed by atoms with E-state index in [1.165, 1.54) is 12.1 Å². The minimum Gasteiger partial charge on any atom is -0.478 e. The molecule has 1 atom stereocenters. The van der Waals surface area contributed by atoms with Crippen LogP contribution in [0.25, 0.3) is 0 Å². The van der Waals surface area contributed by atoms with E-state index in [-0.39, 0.29) is 23.8 Å². The number of imide groups is 1. The molecule has 3 rings (SSSR count). The van der Waals surface area contributed by atoms with Crippen molar-refractivity contribution in [3.05, 3.63) is 59.2 Å². The molecule has 0 aliphatic carbocycles. The van der Waals surface area contributed by atoms with E-state index >= 15 is 0 Å². The van der Waals surface area contributed by atoms with Crippen molar-refractivity contribution in [3.8, 4) is 0 Å². The molecule has 0 aromatic heterocycles. The maximum absolute atomic E-state index is 12.8. The summed E-state index contributed by atoms with van der Waals surface area (Å²) in [7, 11) is 0. The topological polar surface area (TPSA) is 86.7 Å². The van der Waals surface area contributed by atoms with Crippen LogP contribution in [0.3, 0.4) is 0 Å². The SMILES string of the molecule is CCc1ccccc1N[C@H]1CC(=O)N(c2cc(C(=O)O)ccc2C)C1=O. The molecule has 26 heavy (non-hydrogen) atoms. The molecular weight excluding hydrogens is 332 g/mol. The Morgan fingerprint density at radius 1 is 1.23 bits per heavy atom. The van der Waals surface area contributed by atoms with E-state index in [2.05, 4.69) is 5.32 Å². The van der Waals surface area contributed by atoms with Crippen LogP contribution in [0.1, 0.15) is 34.8 Å². The number of nitrogens with zero attached hydrogens (tertiary/aromatic N) is 1. The Morgan fingerprint density at radius 2 is 1.96 bits per heavy atom. The van der Waals surface area contributed by atoms with Crippen LogP contribution in [-0.2, 0) is 16.0 Å². The number of nitrogens with one attached hydrogen (secondary N) is 1. The zero-order valence-corrected chi connectivity index (χ0v) is 14.7. The second-order valence-corrected chi connectivity index (χ2v) is 6.29. The highest BCUT2D eigenvalue weighted by Crippen LogP contribution is 2.29. The molecular formula is C20H20N2O4. The van der Waals surface area contributed by atoms with Crippen LogP contribution in [0.2, 0.25) is 0 Å². The third kappa shape index (κ3) is 3.18. The van der Waals surface area contributed by atoms with Crippen LogP contribution >= 0.6 is 0 Å². The molecule has 1 heterocycles. The van der Waals surface area contributed by atoms with E-state index in [1.54, 1.807) is 13.0 Å². The monoisotopic (exact) mass is 352 g/mol. The molecule has 0 spiro atoms. The van der Waals surface area contributed by atoms with E-state index in [1.807, 2.05) is 31.2 Å². The molecule has 0 unspecified atom stereocenters. The molecule has 134 valence electrons. The van der Waals surface area contributed by atoms with Crippen LogP contribution in [-0.4, -0.2) is 28.9 Å². The lowest BCUT2D eigenvalue weighted by atomic mass is 10.1. The van der Waals surface area contributed by atoms with Crippen molar-refractivity contribution in [2.45, 2.75) is 32.7 Å². The lowest BCUT2D eigenvalue weighted by Gasteiger charge is -2.19. The standard InChI is InChI=1S/C20H20N2O4/c1-3-13-6-4-5-7-15(13)21-16-11-18(23)22(19(16)24)17-10-14(20(25)26)9-8-12(17)2/h4-10,16,21H,3,11H2,1-2H3,(H,25,26)/t16-/m0/s1. The number of benzene rings is 2. The van der Waals surface area contributed by atoms with Crippen molar-refractivity contribution >= 4 is 29.2 Å². The number of carboxylic acid groups (broad SMARTS) is 1. The molecule has 2 aromatic rings. The number of carbonyl (C=O) groups excluding carboxylic acids is 2. The smallest absolute Gasteiger partial charge is 0.335 e. The number of rotatable bonds is 5. The van der Waals surface area contributed by atoms with E-state index in [9.17, 15) is 19.5 Å². The molecule has 0 bridgehead atoms. The van der Waals surface area contributed by atoms with Crippen molar-refractivity contribution in [2.24, 2.45) is 0 Å². The first-order valence-electron chi connectivity index (χ1n) is 8.47. The van der Waals surface area contributed by atoms with Crippen molar-refractivity contribution in [1.29, 1.82) is 0 Å². The molecule has 2 aromatic carbocycles. The van der Waals surface area contributed by atoms with Gasteiger partial charge in [0, 0.05) is 5.69 Å². The van der Waals surface area contributed by atoms with Crippen molar-refractivity contribution in [2.75, 3.05) is 10.2 Å². The van der Waals surface area contributed by atoms with Gasteiger partial charge in [-0.2, -0.15) is 0 Å². The van der Waals surface area contributed by atoms with Gasteiger partial charge in [-0.3, -0.25) is 9.59 Å². The minimum atomic E-state index is -1.10. The number of carboxylic acids is 1. The highest BCUT2D eigenvalue weighted by atomic mass is 16.4. The Hall–Kier alpha value is -3.15. The fourth-order valence-electron chi connectivity index (χ4n) is 3.14. The molecule has 1 fully saturated rings. The summed E-state index contributed by atoms with van der Waals surface area (Å²) in [5, 5.41) is 12.3. The summed E-state index contributed by atoms with van der Waals surface area (Å²) in [5.74, 6) is -1.81. The number of amides is 2. The third-order valence-electron chi connectivity index (χ3n) is 4.57. The minimum absolute atomic E-state index is 0.0353. The molecule has 0 radical (unpaired) electrons. The van der Waals surface area contributed by atoms with Gasteiger partial charge in [0.05, 0.1) is 17.7 Å². The second-order valence-electron chi connectivity index (χ2n) is 6.29. The van der Waals surface area contributed by atoms with E-state index in [4.69, 9.17) is 0 Å². The summed E-state index contributed by atoms with van der Waals surface area (Å²) in [6, 6.07) is 11.4. The Bertz CT molecular complexity index is 891. The fourth-order valence-corrected chi connectivity index (χ4v) is 3.14. The predicted octanol–water partition coefficient (Wildman–Crippen LogP) is 3.00. The fraction of sp³-hybridized carbons (Fsp3) is 0.250. The average molecular weight is 352 g/mol. The average Bonchev–Trinajstić information content (AvgIpc) is 2.89. The van der Waals surface area contributed by atoms with Gasteiger partial charge in [-0.1, -0.05) is 31.2 Å². The number of hydrogen-bond acceptors (Lipinski definition) is 4. The third-order valence-corrected chi connectivity index (χ3v) is 4.57. The molecule has 2 N–H and O–H groups in total. The molecule has 0 saturated carbocycles. The number of anilines is 2. The molecule has 2 amide bonds. The molecule has 1 aliphatic heterocycles. The summed E-state index contributed by atoms with van der Waals surface area (Å²) in [6.07, 6.45) is 0.842. The summed E-state index contributed by atoms with van der Waals surface area (Å²) >= 11 is 0. The Morgan fingerprint density at radius 3 is 2.65 bits per heavy atom. The predicted molar refractivity (Wildman–Crippen MR) is 98.5 cm³/mol. The van der Waals surface area contributed by atoms with Gasteiger partial charge in [0.15, 0.2) is 0 Å². The van der Waals surface area contributed by atoms with Gasteiger partial charge >= 0.3 is 5.97 Å². The van der Waals surface area contributed by atoms with Crippen molar-refractivity contribution < 1.29 is 19.5 Å². The Balaban J connectivity index is 1.90. The van der Waals surface area contributed by atoms with Gasteiger partial charge in [0.25, 0.3) is 5.91 Å². The molecule has 6 heteroatoms. The molecule has 6 nitrogen and oxygen atoms in total. The van der Waals surface area contributed by atoms with E-state index < -0.39 is 12.0 Å². The van der Waals surface area contributed by atoms with E-state index in [0.29, 0.717) is 11.3 Å². The van der Waals surface area contributed by atoms with Crippen LogP contribution in [0.4, 0.5) is 11.4 Å². The first kappa shape index (κ1) is 17.7. The van der Waals surface area contributed by atoms with Crippen LogP contribution in [0.5, 0.6) is 0 Å². The van der Waals surface area contributed by atoms with Crippen LogP contribution in [0, 0.1) is 6.92 Å². The van der Waals surface area contributed by atoms with Gasteiger partial charge < -0.3 is 10.4 Å². The number of aromatic carboxylic acids is 1. The molecule has 1 aliphatic rings. The maximum Gasteiger partial charge on any atom is 0.335 e. The zero-order chi connectivity index (χ0) is 18.8. The van der Waals surface area contributed by atoms with Gasteiger partial charge in [-0.25, -0.2) is 9.69 Å². The first-order chi connectivity index (χ1) is 12.4. The molecule has 1 saturated heterocycles. The lowest BCUT2D eigenvalue weighted by Crippen LogP contribution is -2.35. The quantitative estimate of drug-likeness (QED) is 0.808. The lowest BCUT2D eigenvalue weighted by molar-refractivity contribution is -0.121. The number of hydrogen-bond donors (Lipinski definition) is 2.